The SMILES string of the molecule is C=CCOC(=N)NC(=N)N.Cl. The second-order valence-electron chi connectivity index (χ2n) is 1.47. The molecule has 5 nitrogen and oxygen atoms in total. The van der Waals surface area contributed by atoms with Gasteiger partial charge in [0.25, 0.3) is 6.02 Å². The molecule has 0 unspecified atom stereocenters. The number of halogens is 1. The fourth-order valence-electron chi connectivity index (χ4n) is 0.301. The van der Waals surface area contributed by atoms with Gasteiger partial charge in [-0.1, -0.05) is 12.7 Å². The van der Waals surface area contributed by atoms with Gasteiger partial charge in [-0.05, 0) is 0 Å². The number of nitrogens with one attached hydrogen (secondary N) is 3. The lowest BCUT2D eigenvalue weighted by atomic mass is 10.7. The molecule has 0 atom stereocenters. The Morgan fingerprint density at radius 3 is 2.55 bits per heavy atom. The minimum atomic E-state index is -0.311. The standard InChI is InChI=1S/C5H10N4O.ClH/c1-2-3-10-5(8)9-4(6)7;/h2H,1,3H2,(H5,6,7,8,9);1H. The van der Waals surface area contributed by atoms with Gasteiger partial charge in [-0.3, -0.25) is 16.1 Å². The normalized spacial score (nSPS) is 7.27. The van der Waals surface area contributed by atoms with Crippen LogP contribution in [0.2, 0.25) is 0 Å². The highest BCUT2D eigenvalue weighted by Crippen LogP contribution is 1.73. The van der Waals surface area contributed by atoms with Crippen molar-refractivity contribution in [2.24, 2.45) is 5.73 Å². The van der Waals surface area contributed by atoms with E-state index in [4.69, 9.17) is 16.6 Å². The summed E-state index contributed by atoms with van der Waals surface area (Å²) in [5, 5.41) is 15.8. The zero-order valence-corrected chi connectivity index (χ0v) is 6.70. The summed E-state index contributed by atoms with van der Waals surface area (Å²) < 4.78 is 4.64. The second-order valence-corrected chi connectivity index (χ2v) is 1.47. The van der Waals surface area contributed by atoms with Crippen LogP contribution in [0.4, 0.5) is 0 Å². The lowest BCUT2D eigenvalue weighted by Crippen LogP contribution is -2.36. The molecular formula is C5H11ClN4O. The molecule has 5 N–H and O–H groups in total. The molecule has 0 rings (SSSR count). The number of hydrogen-bond acceptors (Lipinski definition) is 3. The largest absolute Gasteiger partial charge is 0.461 e. The number of rotatable bonds is 2. The molecule has 0 aliphatic rings. The van der Waals surface area contributed by atoms with Crippen LogP contribution < -0.4 is 11.1 Å². The Labute approximate surface area is 71.0 Å². The van der Waals surface area contributed by atoms with Crippen LogP contribution in [-0.2, 0) is 4.74 Å². The van der Waals surface area contributed by atoms with Crippen LogP contribution >= 0.6 is 12.4 Å². The van der Waals surface area contributed by atoms with Crippen LogP contribution in [0.3, 0.4) is 0 Å². The molecule has 0 saturated heterocycles. The zero-order chi connectivity index (χ0) is 7.98. The molecule has 0 aliphatic heterocycles. The van der Waals surface area contributed by atoms with Crippen molar-refractivity contribution in [2.75, 3.05) is 6.61 Å². The second kappa shape index (κ2) is 6.88. The van der Waals surface area contributed by atoms with Crippen molar-refractivity contribution in [1.29, 1.82) is 10.8 Å². The van der Waals surface area contributed by atoms with Crippen molar-refractivity contribution in [3.05, 3.63) is 12.7 Å². The van der Waals surface area contributed by atoms with Gasteiger partial charge in [0.2, 0.25) is 0 Å². The third-order valence-electron chi connectivity index (χ3n) is 0.594. The first-order chi connectivity index (χ1) is 4.66. The van der Waals surface area contributed by atoms with Crippen molar-refractivity contribution in [1.82, 2.24) is 5.32 Å². The fourth-order valence-corrected chi connectivity index (χ4v) is 0.301. The molecule has 0 bridgehead atoms. The van der Waals surface area contributed by atoms with Crippen LogP contribution in [-0.4, -0.2) is 18.6 Å². The Morgan fingerprint density at radius 2 is 2.18 bits per heavy atom. The molecule has 0 saturated carbocycles. The first-order valence-corrected chi connectivity index (χ1v) is 2.60. The Morgan fingerprint density at radius 1 is 1.64 bits per heavy atom. The van der Waals surface area contributed by atoms with Gasteiger partial charge in [-0.15, -0.1) is 12.4 Å². The highest BCUT2D eigenvalue weighted by Gasteiger charge is 1.93. The van der Waals surface area contributed by atoms with Gasteiger partial charge in [-0.2, -0.15) is 0 Å². The van der Waals surface area contributed by atoms with Crippen molar-refractivity contribution in [2.45, 2.75) is 0 Å². The van der Waals surface area contributed by atoms with E-state index in [1.54, 1.807) is 0 Å². The van der Waals surface area contributed by atoms with E-state index in [2.05, 4.69) is 16.6 Å². The molecular weight excluding hydrogens is 168 g/mol. The average Bonchev–Trinajstić information content (AvgIpc) is 1.82. The molecule has 0 amide bonds. The van der Waals surface area contributed by atoms with Crippen LogP contribution in [0.25, 0.3) is 0 Å². The summed E-state index contributed by atoms with van der Waals surface area (Å²) in [5.74, 6) is -0.311. The molecule has 0 spiro atoms. The summed E-state index contributed by atoms with van der Waals surface area (Å²) in [6, 6.07) is -0.243. The van der Waals surface area contributed by atoms with E-state index in [-0.39, 0.29) is 31.0 Å². The van der Waals surface area contributed by atoms with Crippen LogP contribution in [0, 0.1) is 10.8 Å². The van der Waals surface area contributed by atoms with E-state index in [0.29, 0.717) is 0 Å². The fraction of sp³-hybridized carbons (Fsp3) is 0.200. The van der Waals surface area contributed by atoms with Gasteiger partial charge >= 0.3 is 0 Å². The minimum Gasteiger partial charge on any atom is -0.461 e. The molecule has 11 heavy (non-hydrogen) atoms. The van der Waals surface area contributed by atoms with E-state index in [0.717, 1.165) is 0 Å². The monoisotopic (exact) mass is 178 g/mol. The van der Waals surface area contributed by atoms with E-state index in [1.165, 1.54) is 6.08 Å². The van der Waals surface area contributed by atoms with Crippen LogP contribution in [0.5, 0.6) is 0 Å². The maximum Gasteiger partial charge on any atom is 0.288 e. The summed E-state index contributed by atoms with van der Waals surface area (Å²) in [5.41, 5.74) is 4.89. The quantitative estimate of drug-likeness (QED) is 0.273. The molecule has 0 aliphatic carbocycles. The Bertz CT molecular complexity index is 159. The van der Waals surface area contributed by atoms with Crippen LogP contribution in [0.1, 0.15) is 0 Å². The Kier molecular flexibility index (Phi) is 7.79. The van der Waals surface area contributed by atoms with Gasteiger partial charge in [0.15, 0.2) is 5.96 Å². The first-order valence-electron chi connectivity index (χ1n) is 2.60. The van der Waals surface area contributed by atoms with Crippen molar-refractivity contribution >= 4 is 24.4 Å². The Hall–Kier alpha value is -1.23. The van der Waals surface area contributed by atoms with Gasteiger partial charge in [0.05, 0.1) is 0 Å². The number of amidine groups is 1. The number of guanidine groups is 1. The first kappa shape index (κ1) is 12.4. The summed E-state index contributed by atoms with van der Waals surface area (Å²) in [6.07, 6.45) is 1.50. The van der Waals surface area contributed by atoms with Crippen molar-refractivity contribution < 1.29 is 4.74 Å². The molecule has 0 heterocycles. The third kappa shape index (κ3) is 8.77. The molecule has 64 valence electrons. The van der Waals surface area contributed by atoms with Gasteiger partial charge in [-0.25, -0.2) is 0 Å². The van der Waals surface area contributed by atoms with E-state index >= 15 is 0 Å². The molecule has 0 aromatic heterocycles. The lowest BCUT2D eigenvalue weighted by molar-refractivity contribution is 0.335. The predicted octanol–water partition coefficient (Wildman–Crippen LogP) is 0.0286. The molecule has 0 aromatic carbocycles. The smallest absolute Gasteiger partial charge is 0.288 e. The maximum atomic E-state index is 6.92. The third-order valence-corrected chi connectivity index (χ3v) is 0.594. The number of nitrogens with two attached hydrogens (primary N) is 1. The molecule has 0 aromatic rings. The maximum absolute atomic E-state index is 6.92. The highest BCUT2D eigenvalue weighted by atomic mass is 35.5. The highest BCUT2D eigenvalue weighted by molar-refractivity contribution is 5.91. The topological polar surface area (TPSA) is 95.0 Å². The predicted molar refractivity (Wildman–Crippen MR) is 46.2 cm³/mol. The summed E-state index contributed by atoms with van der Waals surface area (Å²) in [4.78, 5) is 0. The summed E-state index contributed by atoms with van der Waals surface area (Å²) in [6.45, 7) is 3.61. The van der Waals surface area contributed by atoms with Gasteiger partial charge in [0, 0.05) is 0 Å². The zero-order valence-electron chi connectivity index (χ0n) is 5.89. The van der Waals surface area contributed by atoms with Crippen molar-refractivity contribution in [3.8, 4) is 0 Å². The summed E-state index contributed by atoms with van der Waals surface area (Å²) >= 11 is 0. The van der Waals surface area contributed by atoms with Gasteiger partial charge in [0.1, 0.15) is 6.61 Å². The van der Waals surface area contributed by atoms with Crippen LogP contribution in [0.15, 0.2) is 12.7 Å². The van der Waals surface area contributed by atoms with E-state index in [1.807, 2.05) is 0 Å². The van der Waals surface area contributed by atoms with E-state index in [9.17, 15) is 0 Å². The van der Waals surface area contributed by atoms with Gasteiger partial charge < -0.3 is 10.5 Å². The molecule has 0 fully saturated rings. The van der Waals surface area contributed by atoms with Crippen molar-refractivity contribution in [3.63, 3.8) is 0 Å². The molecule has 0 radical (unpaired) electrons. The number of ether oxygens (including phenoxy) is 1. The lowest BCUT2D eigenvalue weighted by Gasteiger charge is -2.04. The summed E-state index contributed by atoms with van der Waals surface area (Å²) in [7, 11) is 0. The Balaban J connectivity index is 0. The van der Waals surface area contributed by atoms with E-state index < -0.39 is 0 Å². The number of hydrogen-bond donors (Lipinski definition) is 4. The average molecular weight is 179 g/mol. The molecule has 6 heteroatoms. The minimum absolute atomic E-state index is 0.